The first-order chi connectivity index (χ1) is 11.4. The number of aromatic nitrogens is 1. The highest BCUT2D eigenvalue weighted by Crippen LogP contribution is 2.48. The molecule has 0 spiro atoms. The van der Waals surface area contributed by atoms with Crippen molar-refractivity contribution in [2.75, 3.05) is 11.4 Å². The minimum atomic E-state index is -1.04. The number of halogens is 1. The molecule has 1 aliphatic heterocycles. The Morgan fingerprint density at radius 3 is 2.75 bits per heavy atom. The van der Waals surface area contributed by atoms with Gasteiger partial charge in [0, 0.05) is 11.9 Å². The van der Waals surface area contributed by atoms with Gasteiger partial charge in [0.15, 0.2) is 0 Å². The molecule has 2 aromatic rings. The highest BCUT2D eigenvalue weighted by Gasteiger charge is 2.49. The minimum absolute atomic E-state index is 0.0982. The van der Waals surface area contributed by atoms with Gasteiger partial charge in [-0.25, -0.2) is 9.78 Å². The number of anilines is 1. The number of carbonyl (C=O) groups is 1. The van der Waals surface area contributed by atoms with Gasteiger partial charge in [0.25, 0.3) is 0 Å². The second kappa shape index (κ2) is 5.33. The Kier molecular flexibility index (Phi) is 3.48. The summed E-state index contributed by atoms with van der Waals surface area (Å²) in [6.45, 7) is 2.96. The normalized spacial score (nSPS) is 27.0. The van der Waals surface area contributed by atoms with E-state index in [-0.39, 0.29) is 10.6 Å². The summed E-state index contributed by atoms with van der Waals surface area (Å²) in [7, 11) is 0. The Labute approximate surface area is 145 Å². The van der Waals surface area contributed by atoms with Gasteiger partial charge in [-0.3, -0.25) is 0 Å². The maximum Gasteiger partial charge on any atom is 0.337 e. The van der Waals surface area contributed by atoms with Crippen molar-refractivity contribution in [3.63, 3.8) is 0 Å². The van der Waals surface area contributed by atoms with E-state index in [4.69, 9.17) is 17.3 Å². The molecule has 0 amide bonds. The summed E-state index contributed by atoms with van der Waals surface area (Å²) in [4.78, 5) is 18.3. The number of carboxylic acid groups (broad SMARTS) is 1. The molecule has 4 rings (SSSR count). The molecule has 3 N–H and O–H groups in total. The monoisotopic (exact) mass is 345 g/mol. The van der Waals surface area contributed by atoms with E-state index in [9.17, 15) is 9.90 Å². The molecule has 2 unspecified atom stereocenters. The van der Waals surface area contributed by atoms with Crippen molar-refractivity contribution in [2.24, 2.45) is 17.6 Å². The van der Waals surface area contributed by atoms with Gasteiger partial charge in [-0.1, -0.05) is 11.6 Å². The van der Waals surface area contributed by atoms with Gasteiger partial charge in [0.1, 0.15) is 5.82 Å². The van der Waals surface area contributed by atoms with Crippen molar-refractivity contribution in [3.8, 4) is 0 Å². The SMILES string of the molecule is CC1(N)C(C2CC2)CCN1c1ccc2c(C(=O)O)c(Cl)ccc2n1. The van der Waals surface area contributed by atoms with Crippen LogP contribution in [0.2, 0.25) is 5.02 Å². The lowest BCUT2D eigenvalue weighted by molar-refractivity contribution is 0.0699. The van der Waals surface area contributed by atoms with Crippen molar-refractivity contribution >= 4 is 34.3 Å². The lowest BCUT2D eigenvalue weighted by atomic mass is 9.91. The minimum Gasteiger partial charge on any atom is -0.478 e. The number of pyridine rings is 1. The summed E-state index contributed by atoms with van der Waals surface area (Å²) in [6.07, 6.45) is 3.63. The Balaban J connectivity index is 1.76. The van der Waals surface area contributed by atoms with E-state index < -0.39 is 11.6 Å². The van der Waals surface area contributed by atoms with Crippen LogP contribution in [0, 0.1) is 11.8 Å². The molecule has 2 atom stereocenters. The quantitative estimate of drug-likeness (QED) is 0.890. The smallest absolute Gasteiger partial charge is 0.337 e. The summed E-state index contributed by atoms with van der Waals surface area (Å²) in [5.74, 6) is 0.991. The van der Waals surface area contributed by atoms with Crippen LogP contribution >= 0.6 is 11.6 Å². The molecule has 126 valence electrons. The second-order valence-corrected chi connectivity index (χ2v) is 7.48. The van der Waals surface area contributed by atoms with E-state index in [1.807, 2.05) is 6.07 Å². The van der Waals surface area contributed by atoms with Crippen molar-refractivity contribution in [1.29, 1.82) is 0 Å². The molecule has 1 aromatic heterocycles. The number of rotatable bonds is 3. The predicted molar refractivity (Wildman–Crippen MR) is 94.5 cm³/mol. The fourth-order valence-electron chi connectivity index (χ4n) is 4.11. The van der Waals surface area contributed by atoms with E-state index in [2.05, 4.69) is 16.8 Å². The Morgan fingerprint density at radius 1 is 1.33 bits per heavy atom. The molecular formula is C18H20ClN3O2. The number of nitrogens with two attached hydrogens (primary N) is 1. The fraction of sp³-hybridized carbons (Fsp3) is 0.444. The topological polar surface area (TPSA) is 79.5 Å². The van der Waals surface area contributed by atoms with Gasteiger partial charge in [-0.2, -0.15) is 0 Å². The number of aromatic carboxylic acids is 1. The fourth-order valence-corrected chi connectivity index (χ4v) is 4.35. The van der Waals surface area contributed by atoms with Gasteiger partial charge in [-0.05, 0) is 62.3 Å². The Bertz CT molecular complexity index is 832. The van der Waals surface area contributed by atoms with E-state index in [1.54, 1.807) is 18.2 Å². The van der Waals surface area contributed by atoms with Crippen molar-refractivity contribution in [1.82, 2.24) is 4.98 Å². The van der Waals surface area contributed by atoms with Crippen LogP contribution in [0.15, 0.2) is 24.3 Å². The maximum atomic E-state index is 11.5. The predicted octanol–water partition coefficient (Wildman–Crippen LogP) is 3.50. The van der Waals surface area contributed by atoms with Crippen LogP contribution in [0.1, 0.15) is 36.5 Å². The molecule has 2 heterocycles. The van der Waals surface area contributed by atoms with Gasteiger partial charge >= 0.3 is 5.97 Å². The summed E-state index contributed by atoms with van der Waals surface area (Å²) < 4.78 is 0. The molecule has 1 saturated heterocycles. The van der Waals surface area contributed by atoms with E-state index in [0.717, 1.165) is 24.7 Å². The lowest BCUT2D eigenvalue weighted by Crippen LogP contribution is -2.54. The number of hydrogen-bond acceptors (Lipinski definition) is 4. The largest absolute Gasteiger partial charge is 0.478 e. The zero-order valence-electron chi connectivity index (χ0n) is 13.5. The van der Waals surface area contributed by atoms with Crippen LogP contribution in [0.25, 0.3) is 10.9 Å². The van der Waals surface area contributed by atoms with Gasteiger partial charge in [-0.15, -0.1) is 0 Å². The second-order valence-electron chi connectivity index (χ2n) is 7.07. The molecule has 2 aliphatic rings. The number of fused-ring (bicyclic) bond motifs is 1. The summed E-state index contributed by atoms with van der Waals surface area (Å²) >= 11 is 6.03. The zero-order valence-corrected chi connectivity index (χ0v) is 14.3. The first-order valence-corrected chi connectivity index (χ1v) is 8.66. The highest BCUT2D eigenvalue weighted by molar-refractivity contribution is 6.35. The van der Waals surface area contributed by atoms with Gasteiger partial charge < -0.3 is 15.7 Å². The average molecular weight is 346 g/mol. The number of hydrogen-bond donors (Lipinski definition) is 2. The van der Waals surface area contributed by atoms with Crippen LogP contribution in [-0.4, -0.2) is 28.3 Å². The first kappa shape index (κ1) is 15.7. The van der Waals surface area contributed by atoms with Crippen LogP contribution in [0.4, 0.5) is 5.82 Å². The third-order valence-electron chi connectivity index (χ3n) is 5.48. The maximum absolute atomic E-state index is 11.5. The third kappa shape index (κ3) is 2.34. The van der Waals surface area contributed by atoms with E-state index in [1.165, 1.54) is 12.8 Å². The third-order valence-corrected chi connectivity index (χ3v) is 5.80. The van der Waals surface area contributed by atoms with Crippen molar-refractivity contribution < 1.29 is 9.90 Å². The molecule has 24 heavy (non-hydrogen) atoms. The molecule has 2 fully saturated rings. The zero-order chi connectivity index (χ0) is 17.1. The van der Waals surface area contributed by atoms with Crippen LogP contribution in [0.5, 0.6) is 0 Å². The molecule has 1 aliphatic carbocycles. The van der Waals surface area contributed by atoms with E-state index in [0.29, 0.717) is 16.8 Å². The molecule has 6 heteroatoms. The van der Waals surface area contributed by atoms with Crippen LogP contribution in [-0.2, 0) is 0 Å². The highest BCUT2D eigenvalue weighted by atomic mass is 35.5. The number of carboxylic acids is 1. The van der Waals surface area contributed by atoms with Crippen molar-refractivity contribution in [2.45, 2.75) is 31.8 Å². The van der Waals surface area contributed by atoms with Crippen LogP contribution < -0.4 is 10.6 Å². The Hall–Kier alpha value is -1.85. The summed E-state index contributed by atoms with van der Waals surface area (Å²) in [6, 6.07) is 6.98. The van der Waals surface area contributed by atoms with Gasteiger partial charge in [0.05, 0.1) is 21.8 Å². The standard InChI is InChI=1S/C18H20ClN3O2/c1-18(20)12(10-2-3-10)8-9-22(18)15-7-4-11-14(21-15)6-5-13(19)16(11)17(23)24/h4-7,10,12H,2-3,8-9,20H2,1H3,(H,23,24). The molecule has 1 saturated carbocycles. The number of nitrogens with zero attached hydrogens (tertiary/aromatic N) is 2. The Morgan fingerprint density at radius 2 is 2.08 bits per heavy atom. The average Bonchev–Trinajstić information content (AvgIpc) is 3.30. The lowest BCUT2D eigenvalue weighted by Gasteiger charge is -2.37. The van der Waals surface area contributed by atoms with Crippen LogP contribution in [0.3, 0.4) is 0 Å². The molecule has 1 aromatic carbocycles. The first-order valence-electron chi connectivity index (χ1n) is 8.28. The summed E-state index contributed by atoms with van der Waals surface area (Å²) in [5, 5.41) is 10.2. The molecular weight excluding hydrogens is 326 g/mol. The number of benzene rings is 1. The van der Waals surface area contributed by atoms with Gasteiger partial charge in [0.2, 0.25) is 0 Å². The van der Waals surface area contributed by atoms with Crippen molar-refractivity contribution in [3.05, 3.63) is 34.9 Å². The molecule has 5 nitrogen and oxygen atoms in total. The van der Waals surface area contributed by atoms with E-state index >= 15 is 0 Å². The molecule has 0 bridgehead atoms. The molecule has 0 radical (unpaired) electrons. The summed E-state index contributed by atoms with van der Waals surface area (Å²) in [5.41, 5.74) is 6.97.